The Balaban J connectivity index is 1.54. The Hall–Kier alpha value is -1.54. The lowest BCUT2D eigenvalue weighted by atomic mass is 10.0. The quantitative estimate of drug-likeness (QED) is 0.796. The highest BCUT2D eigenvalue weighted by Gasteiger charge is 2.34. The third-order valence-electron chi connectivity index (χ3n) is 4.71. The maximum Gasteiger partial charge on any atom is 0.203 e. The van der Waals surface area contributed by atoms with E-state index in [4.69, 9.17) is 21.7 Å². The molecule has 0 radical (unpaired) electrons. The summed E-state index contributed by atoms with van der Waals surface area (Å²) in [7, 11) is 0. The lowest BCUT2D eigenvalue weighted by Crippen LogP contribution is -2.47. The number of para-hydroxylation sites is 1. The van der Waals surface area contributed by atoms with Crippen molar-refractivity contribution < 1.29 is 9.47 Å². The first-order chi connectivity index (χ1) is 11.8. The molecule has 6 nitrogen and oxygen atoms in total. The molecule has 0 saturated carbocycles. The van der Waals surface area contributed by atoms with E-state index in [9.17, 15) is 0 Å². The van der Waals surface area contributed by atoms with Gasteiger partial charge in [0.1, 0.15) is 6.33 Å². The van der Waals surface area contributed by atoms with Crippen LogP contribution in [-0.4, -0.2) is 51.3 Å². The lowest BCUT2D eigenvalue weighted by molar-refractivity contribution is -0.116. The van der Waals surface area contributed by atoms with Gasteiger partial charge < -0.3 is 9.47 Å². The van der Waals surface area contributed by atoms with Crippen molar-refractivity contribution in [2.45, 2.75) is 38.3 Å². The van der Waals surface area contributed by atoms with Crippen molar-refractivity contribution in [3.63, 3.8) is 0 Å². The number of nitrogens with zero attached hydrogens (tertiary/aromatic N) is 4. The lowest BCUT2D eigenvalue weighted by Gasteiger charge is -2.37. The molecule has 2 aliphatic heterocycles. The first-order valence-corrected chi connectivity index (χ1v) is 8.91. The summed E-state index contributed by atoms with van der Waals surface area (Å²) in [6, 6.07) is 10.4. The molecule has 128 valence electrons. The van der Waals surface area contributed by atoms with Crippen LogP contribution < -0.4 is 0 Å². The number of benzene rings is 1. The van der Waals surface area contributed by atoms with E-state index in [0.29, 0.717) is 24.7 Å². The fourth-order valence-electron chi connectivity index (χ4n) is 3.47. The monoisotopic (exact) mass is 346 g/mol. The fourth-order valence-corrected chi connectivity index (χ4v) is 3.73. The molecule has 0 N–H and O–H groups in total. The van der Waals surface area contributed by atoms with Gasteiger partial charge in [0.2, 0.25) is 4.77 Å². The summed E-state index contributed by atoms with van der Waals surface area (Å²) in [6.45, 7) is 3.08. The highest BCUT2D eigenvalue weighted by molar-refractivity contribution is 7.71. The Kier molecular flexibility index (Phi) is 4.75. The molecule has 1 aromatic heterocycles. The van der Waals surface area contributed by atoms with E-state index in [1.807, 2.05) is 39.6 Å². The van der Waals surface area contributed by atoms with Gasteiger partial charge in [-0.1, -0.05) is 24.6 Å². The summed E-state index contributed by atoms with van der Waals surface area (Å²) in [4.78, 5) is 2.39. The van der Waals surface area contributed by atoms with Gasteiger partial charge in [0.05, 0.1) is 25.9 Å². The second-order valence-corrected chi connectivity index (χ2v) is 6.61. The van der Waals surface area contributed by atoms with Gasteiger partial charge in [-0.05, 0) is 37.2 Å². The van der Waals surface area contributed by atoms with E-state index < -0.39 is 0 Å². The van der Waals surface area contributed by atoms with Gasteiger partial charge in [-0.2, -0.15) is 5.10 Å². The topological polar surface area (TPSA) is 44.5 Å². The van der Waals surface area contributed by atoms with Crippen LogP contribution in [0, 0.1) is 4.77 Å². The second kappa shape index (κ2) is 7.14. The van der Waals surface area contributed by atoms with E-state index in [0.717, 1.165) is 18.7 Å². The van der Waals surface area contributed by atoms with Crippen LogP contribution in [0.25, 0.3) is 5.69 Å². The van der Waals surface area contributed by atoms with Gasteiger partial charge in [-0.15, -0.1) is 0 Å². The van der Waals surface area contributed by atoms with Crippen LogP contribution in [-0.2, 0) is 16.1 Å². The molecule has 24 heavy (non-hydrogen) atoms. The standard InChI is InChI=1S/C17H22N4O2S/c24-17-20(14-6-2-1-3-7-14)12-18-21(17)13-19-9-5-4-8-15(19)16-22-10-11-23-16/h1-3,6-7,12,15-16H,4-5,8-11,13H2/t15-/m0/s1. The predicted octanol–water partition coefficient (Wildman–Crippen LogP) is 2.59. The van der Waals surface area contributed by atoms with E-state index >= 15 is 0 Å². The molecule has 3 heterocycles. The molecule has 0 unspecified atom stereocenters. The van der Waals surface area contributed by atoms with Crippen molar-refractivity contribution >= 4 is 12.2 Å². The number of rotatable bonds is 4. The molecule has 1 atom stereocenters. The van der Waals surface area contributed by atoms with Crippen molar-refractivity contribution in [2.24, 2.45) is 0 Å². The average molecular weight is 346 g/mol. The van der Waals surface area contributed by atoms with E-state index in [1.54, 1.807) is 6.33 Å². The minimum atomic E-state index is -0.115. The van der Waals surface area contributed by atoms with Crippen LogP contribution in [0.3, 0.4) is 0 Å². The highest BCUT2D eigenvalue weighted by Crippen LogP contribution is 2.25. The van der Waals surface area contributed by atoms with Crippen molar-refractivity contribution in [1.29, 1.82) is 0 Å². The smallest absolute Gasteiger partial charge is 0.203 e. The van der Waals surface area contributed by atoms with Crippen LogP contribution in [0.5, 0.6) is 0 Å². The Bertz CT molecular complexity index is 724. The van der Waals surface area contributed by atoms with Crippen molar-refractivity contribution in [3.05, 3.63) is 41.4 Å². The molecule has 2 aliphatic rings. The molecular weight excluding hydrogens is 324 g/mol. The second-order valence-electron chi connectivity index (χ2n) is 6.25. The Morgan fingerprint density at radius 3 is 2.71 bits per heavy atom. The molecule has 0 spiro atoms. The minimum Gasteiger partial charge on any atom is -0.349 e. The maximum atomic E-state index is 5.74. The van der Waals surface area contributed by atoms with Crippen LogP contribution in [0.2, 0.25) is 0 Å². The summed E-state index contributed by atoms with van der Waals surface area (Å²) in [6.07, 6.45) is 5.18. The Labute approximate surface area is 146 Å². The molecule has 1 aromatic carbocycles. The number of piperidine rings is 1. The Morgan fingerprint density at radius 1 is 1.12 bits per heavy atom. The minimum absolute atomic E-state index is 0.115. The summed E-state index contributed by atoms with van der Waals surface area (Å²) in [5.74, 6) is 0. The van der Waals surface area contributed by atoms with Gasteiger partial charge in [0.25, 0.3) is 0 Å². The molecule has 0 amide bonds. The van der Waals surface area contributed by atoms with Crippen LogP contribution in [0.4, 0.5) is 0 Å². The first-order valence-electron chi connectivity index (χ1n) is 8.50. The number of ether oxygens (including phenoxy) is 2. The van der Waals surface area contributed by atoms with E-state index in [2.05, 4.69) is 10.00 Å². The number of hydrogen-bond donors (Lipinski definition) is 0. The highest BCUT2D eigenvalue weighted by atomic mass is 32.1. The zero-order valence-electron chi connectivity index (χ0n) is 13.6. The fraction of sp³-hybridized carbons (Fsp3) is 0.529. The van der Waals surface area contributed by atoms with Gasteiger partial charge in [-0.25, -0.2) is 4.68 Å². The predicted molar refractivity (Wildman–Crippen MR) is 92.4 cm³/mol. The summed E-state index contributed by atoms with van der Waals surface area (Å²) in [5, 5.41) is 4.50. The van der Waals surface area contributed by atoms with Crippen molar-refractivity contribution in [2.75, 3.05) is 19.8 Å². The maximum absolute atomic E-state index is 5.74. The number of aromatic nitrogens is 3. The molecule has 2 fully saturated rings. The molecular formula is C17H22N4O2S. The SMILES string of the molecule is S=c1n(-c2ccccc2)cnn1CN1CCCC[C@H]1C1OCCO1. The van der Waals surface area contributed by atoms with Gasteiger partial charge in [0, 0.05) is 12.2 Å². The molecule has 2 aromatic rings. The van der Waals surface area contributed by atoms with E-state index in [-0.39, 0.29) is 12.3 Å². The first kappa shape index (κ1) is 16.0. The Morgan fingerprint density at radius 2 is 1.92 bits per heavy atom. The molecule has 2 saturated heterocycles. The summed E-state index contributed by atoms with van der Waals surface area (Å²) >= 11 is 5.62. The van der Waals surface area contributed by atoms with Crippen LogP contribution in [0.15, 0.2) is 36.7 Å². The van der Waals surface area contributed by atoms with Crippen molar-refractivity contribution in [3.8, 4) is 5.69 Å². The molecule has 4 rings (SSSR count). The van der Waals surface area contributed by atoms with Crippen LogP contribution in [0.1, 0.15) is 19.3 Å². The normalized spacial score (nSPS) is 22.9. The third kappa shape index (κ3) is 3.17. The molecule has 0 bridgehead atoms. The van der Waals surface area contributed by atoms with Gasteiger partial charge in [-0.3, -0.25) is 9.47 Å². The zero-order valence-corrected chi connectivity index (χ0v) is 14.4. The van der Waals surface area contributed by atoms with Crippen molar-refractivity contribution in [1.82, 2.24) is 19.2 Å². The van der Waals surface area contributed by atoms with Gasteiger partial charge in [0.15, 0.2) is 6.29 Å². The third-order valence-corrected chi connectivity index (χ3v) is 5.12. The average Bonchev–Trinajstić information content (AvgIpc) is 3.27. The number of likely N-dealkylation sites (tertiary alicyclic amines) is 1. The summed E-state index contributed by atoms with van der Waals surface area (Å²) < 4.78 is 16.0. The number of hydrogen-bond acceptors (Lipinski definition) is 5. The molecule has 0 aliphatic carbocycles. The molecule has 7 heteroatoms. The largest absolute Gasteiger partial charge is 0.349 e. The van der Waals surface area contributed by atoms with E-state index in [1.165, 1.54) is 12.8 Å². The zero-order chi connectivity index (χ0) is 16.4. The van der Waals surface area contributed by atoms with Gasteiger partial charge >= 0.3 is 0 Å². The summed E-state index contributed by atoms with van der Waals surface area (Å²) in [5.41, 5.74) is 1.03. The van der Waals surface area contributed by atoms with Crippen LogP contribution >= 0.6 is 12.2 Å².